The summed E-state index contributed by atoms with van der Waals surface area (Å²) in [5.74, 6) is 0.619. The van der Waals surface area contributed by atoms with Crippen molar-refractivity contribution in [2.45, 2.75) is 13.3 Å². The molecule has 2 rings (SSSR count). The van der Waals surface area contributed by atoms with Gasteiger partial charge in [0.05, 0.1) is 7.11 Å². The molecule has 1 amide bonds. The van der Waals surface area contributed by atoms with Crippen LogP contribution in [-0.4, -0.2) is 19.6 Å². The van der Waals surface area contributed by atoms with Crippen LogP contribution in [0, 0.1) is 18.3 Å². The molecule has 0 bridgehead atoms. The second kappa shape index (κ2) is 10.5. The Bertz CT molecular complexity index is 967. The highest BCUT2D eigenvalue weighted by Gasteiger charge is 2.14. The first kappa shape index (κ1) is 21.5. The molecule has 0 saturated carbocycles. The number of benzene rings is 2. The summed E-state index contributed by atoms with van der Waals surface area (Å²) >= 11 is 0. The minimum atomic E-state index is -0.479. The molecule has 5 heteroatoms. The van der Waals surface area contributed by atoms with Gasteiger partial charge in [-0.2, -0.15) is 5.26 Å². The van der Waals surface area contributed by atoms with Gasteiger partial charge in [-0.25, -0.2) is 0 Å². The Balaban J connectivity index is 2.38. The third-order valence-electron chi connectivity index (χ3n) is 4.07. The number of allylic oxidation sites excluding steroid dienone is 1. The number of anilines is 1. The number of nitriles is 1. The van der Waals surface area contributed by atoms with Gasteiger partial charge < -0.3 is 14.8 Å². The normalized spacial score (nSPS) is 10.6. The van der Waals surface area contributed by atoms with Crippen LogP contribution < -0.4 is 14.8 Å². The van der Waals surface area contributed by atoms with Crippen LogP contribution in [0.4, 0.5) is 5.69 Å². The van der Waals surface area contributed by atoms with Gasteiger partial charge in [0.1, 0.15) is 18.2 Å². The number of methoxy groups -OCH3 is 1. The molecule has 0 heterocycles. The number of hydrogen-bond acceptors (Lipinski definition) is 4. The average molecular weight is 388 g/mol. The van der Waals surface area contributed by atoms with Gasteiger partial charge in [-0.3, -0.25) is 4.79 Å². The lowest BCUT2D eigenvalue weighted by molar-refractivity contribution is -0.112. The first-order valence-corrected chi connectivity index (χ1v) is 9.07. The fraction of sp³-hybridized carbons (Fsp3) is 0.167. The third-order valence-corrected chi connectivity index (χ3v) is 4.07. The molecular weight excluding hydrogens is 364 g/mol. The van der Waals surface area contributed by atoms with E-state index in [0.29, 0.717) is 35.8 Å². The monoisotopic (exact) mass is 388 g/mol. The number of nitrogens with one attached hydrogen (secondary N) is 1. The molecule has 0 saturated heterocycles. The first-order chi connectivity index (χ1) is 14.0. The van der Waals surface area contributed by atoms with Gasteiger partial charge >= 0.3 is 0 Å². The minimum absolute atomic E-state index is 0.0167. The second-order valence-corrected chi connectivity index (χ2v) is 6.29. The molecular formula is C24H24N2O3. The van der Waals surface area contributed by atoms with E-state index >= 15 is 0 Å². The summed E-state index contributed by atoms with van der Waals surface area (Å²) < 4.78 is 11.2. The molecule has 0 atom stereocenters. The Morgan fingerprint density at radius 3 is 2.52 bits per heavy atom. The summed E-state index contributed by atoms with van der Waals surface area (Å²) in [4.78, 5) is 12.5. The molecule has 0 aliphatic heterocycles. The van der Waals surface area contributed by atoms with Crippen molar-refractivity contribution < 1.29 is 14.3 Å². The van der Waals surface area contributed by atoms with Crippen molar-refractivity contribution in [2.75, 3.05) is 19.0 Å². The Morgan fingerprint density at radius 1 is 1.21 bits per heavy atom. The zero-order chi connectivity index (χ0) is 21.2. The molecule has 148 valence electrons. The van der Waals surface area contributed by atoms with E-state index in [2.05, 4.69) is 18.5 Å². The number of aryl methyl sites for hydroxylation is 1. The zero-order valence-corrected chi connectivity index (χ0v) is 16.7. The van der Waals surface area contributed by atoms with Crippen LogP contribution in [0.25, 0.3) is 6.08 Å². The molecule has 0 aliphatic rings. The highest BCUT2D eigenvalue weighted by atomic mass is 16.5. The lowest BCUT2D eigenvalue weighted by atomic mass is 10.0. The van der Waals surface area contributed by atoms with Gasteiger partial charge in [-0.05, 0) is 49.2 Å². The number of rotatable bonds is 9. The summed E-state index contributed by atoms with van der Waals surface area (Å²) in [7, 11) is 1.54. The Hall–Kier alpha value is -3.78. The second-order valence-electron chi connectivity index (χ2n) is 6.29. The van der Waals surface area contributed by atoms with Crippen molar-refractivity contribution in [3.8, 4) is 17.6 Å². The summed E-state index contributed by atoms with van der Waals surface area (Å²) in [6.45, 7) is 9.72. The van der Waals surface area contributed by atoms with Crippen molar-refractivity contribution in [1.82, 2.24) is 0 Å². The molecule has 2 aromatic carbocycles. The molecule has 0 aromatic heterocycles. The molecule has 5 nitrogen and oxygen atoms in total. The van der Waals surface area contributed by atoms with E-state index in [1.165, 1.54) is 13.2 Å². The summed E-state index contributed by atoms with van der Waals surface area (Å²) in [5, 5.41) is 12.2. The summed E-state index contributed by atoms with van der Waals surface area (Å²) in [6.07, 6.45) is 5.46. The quantitative estimate of drug-likeness (QED) is 0.379. The van der Waals surface area contributed by atoms with Crippen LogP contribution in [-0.2, 0) is 11.2 Å². The maximum atomic E-state index is 12.5. The van der Waals surface area contributed by atoms with Gasteiger partial charge in [-0.15, -0.1) is 6.58 Å². The van der Waals surface area contributed by atoms with Gasteiger partial charge in [0.2, 0.25) is 0 Å². The lowest BCUT2D eigenvalue weighted by Gasteiger charge is -2.15. The van der Waals surface area contributed by atoms with Crippen molar-refractivity contribution in [3.05, 3.63) is 84.0 Å². The highest BCUT2D eigenvalue weighted by Crippen LogP contribution is 2.34. The third kappa shape index (κ3) is 5.85. The predicted molar refractivity (Wildman–Crippen MR) is 116 cm³/mol. The standard InChI is InChI=1S/C24H24N2O3/c1-5-7-19-13-18(15-22(28-4)23(19)29-12-6-2)14-20(16-25)24(27)26-21-10-8-17(3)9-11-21/h5-6,8-11,13-15H,1-2,7,12H2,3-4H3,(H,26,27)/b20-14-. The van der Waals surface area contributed by atoms with Gasteiger partial charge in [0.15, 0.2) is 11.5 Å². The predicted octanol–water partition coefficient (Wildman–Crippen LogP) is 4.84. The van der Waals surface area contributed by atoms with Gasteiger partial charge in [0, 0.05) is 11.3 Å². The van der Waals surface area contributed by atoms with Crippen molar-refractivity contribution >= 4 is 17.7 Å². The largest absolute Gasteiger partial charge is 0.493 e. The number of hydrogen-bond donors (Lipinski definition) is 1. The Kier molecular flexibility index (Phi) is 7.81. The first-order valence-electron chi connectivity index (χ1n) is 9.07. The molecule has 1 N–H and O–H groups in total. The maximum Gasteiger partial charge on any atom is 0.266 e. The Labute approximate surface area is 171 Å². The van der Waals surface area contributed by atoms with Crippen LogP contribution >= 0.6 is 0 Å². The fourth-order valence-corrected chi connectivity index (χ4v) is 2.68. The van der Waals surface area contributed by atoms with Crippen molar-refractivity contribution in [3.63, 3.8) is 0 Å². The molecule has 0 spiro atoms. The van der Waals surface area contributed by atoms with E-state index in [4.69, 9.17) is 9.47 Å². The average Bonchev–Trinajstić information content (AvgIpc) is 2.72. The van der Waals surface area contributed by atoms with E-state index in [-0.39, 0.29) is 5.57 Å². The van der Waals surface area contributed by atoms with E-state index in [1.807, 2.05) is 31.2 Å². The van der Waals surface area contributed by atoms with E-state index in [9.17, 15) is 10.1 Å². The molecule has 0 aliphatic carbocycles. The Morgan fingerprint density at radius 2 is 1.93 bits per heavy atom. The van der Waals surface area contributed by atoms with Gasteiger partial charge in [-0.1, -0.05) is 36.4 Å². The smallest absolute Gasteiger partial charge is 0.266 e. The minimum Gasteiger partial charge on any atom is -0.493 e. The fourth-order valence-electron chi connectivity index (χ4n) is 2.68. The zero-order valence-electron chi connectivity index (χ0n) is 16.7. The SMILES string of the molecule is C=CCOc1c(CC=C)cc(/C=C(/C#N)C(=O)Nc2ccc(C)cc2)cc1OC. The summed E-state index contributed by atoms with van der Waals surface area (Å²) in [6, 6.07) is 12.9. The summed E-state index contributed by atoms with van der Waals surface area (Å²) in [5.41, 5.74) is 3.18. The van der Waals surface area contributed by atoms with E-state index in [1.54, 1.807) is 30.4 Å². The van der Waals surface area contributed by atoms with Crippen LogP contribution in [0.1, 0.15) is 16.7 Å². The molecule has 0 radical (unpaired) electrons. The van der Waals surface area contributed by atoms with Crippen molar-refractivity contribution in [1.29, 1.82) is 5.26 Å². The number of nitrogens with zero attached hydrogens (tertiary/aromatic N) is 1. The van der Waals surface area contributed by atoms with Gasteiger partial charge in [0.25, 0.3) is 5.91 Å². The molecule has 29 heavy (non-hydrogen) atoms. The van der Waals surface area contributed by atoms with Crippen LogP contribution in [0.15, 0.2) is 67.3 Å². The number of ether oxygens (including phenoxy) is 2. The number of amides is 1. The maximum absolute atomic E-state index is 12.5. The lowest BCUT2D eigenvalue weighted by Crippen LogP contribution is -2.13. The molecule has 2 aromatic rings. The highest BCUT2D eigenvalue weighted by molar-refractivity contribution is 6.09. The van der Waals surface area contributed by atoms with Crippen LogP contribution in [0.3, 0.4) is 0 Å². The molecule has 0 unspecified atom stereocenters. The number of carbonyl (C=O) groups excluding carboxylic acids is 1. The topological polar surface area (TPSA) is 71.3 Å². The molecule has 0 fully saturated rings. The van der Waals surface area contributed by atoms with Crippen LogP contribution in [0.2, 0.25) is 0 Å². The van der Waals surface area contributed by atoms with Crippen LogP contribution in [0.5, 0.6) is 11.5 Å². The van der Waals surface area contributed by atoms with E-state index in [0.717, 1.165) is 11.1 Å². The number of carbonyl (C=O) groups is 1. The van der Waals surface area contributed by atoms with E-state index < -0.39 is 5.91 Å². The van der Waals surface area contributed by atoms with Crippen molar-refractivity contribution in [2.24, 2.45) is 0 Å².